The molecule has 1 amide bonds. The highest BCUT2D eigenvalue weighted by molar-refractivity contribution is 6.35. The third-order valence-corrected chi connectivity index (χ3v) is 3.95. The highest BCUT2D eigenvalue weighted by atomic mass is 35.5. The summed E-state index contributed by atoms with van der Waals surface area (Å²) in [7, 11) is 0. The van der Waals surface area contributed by atoms with Crippen LogP contribution in [0.4, 0.5) is 5.69 Å². The second-order valence-electron chi connectivity index (χ2n) is 4.94. The van der Waals surface area contributed by atoms with E-state index in [2.05, 4.69) is 5.32 Å². The number of carboxylic acid groups (broad SMARTS) is 1. The Hall–Kier alpha value is -2.01. The summed E-state index contributed by atoms with van der Waals surface area (Å²) in [5, 5.41) is 12.9. The third-order valence-electron chi connectivity index (χ3n) is 3.15. The first-order valence-corrected chi connectivity index (χ1v) is 7.89. The first kappa shape index (κ1) is 18.3. The SMILES string of the molecule is CC(=Cc1ccc(Cl)cc1Cl)C(=O)Nc1cc(Cl)ccc1C(=O)O. The molecule has 0 heterocycles. The van der Waals surface area contributed by atoms with Crippen molar-refractivity contribution in [1.29, 1.82) is 0 Å². The molecule has 0 spiro atoms. The zero-order chi connectivity index (χ0) is 17.9. The minimum atomic E-state index is -1.16. The van der Waals surface area contributed by atoms with E-state index >= 15 is 0 Å². The van der Waals surface area contributed by atoms with E-state index in [0.29, 0.717) is 26.2 Å². The lowest BCUT2D eigenvalue weighted by Crippen LogP contribution is -2.15. The minimum absolute atomic E-state index is 0.0509. The number of rotatable bonds is 4. The Balaban J connectivity index is 2.28. The maximum Gasteiger partial charge on any atom is 0.337 e. The largest absolute Gasteiger partial charge is 0.478 e. The molecule has 0 aliphatic rings. The standard InChI is InChI=1S/C17H12Cl3NO3/c1-9(6-10-2-3-11(18)7-14(10)20)16(22)21-15-8-12(19)4-5-13(15)17(23)24/h2-8H,1H3,(H,21,22)(H,23,24). The monoisotopic (exact) mass is 383 g/mol. The zero-order valence-corrected chi connectivity index (χ0v) is 14.7. The van der Waals surface area contributed by atoms with Crippen LogP contribution in [0.5, 0.6) is 0 Å². The van der Waals surface area contributed by atoms with Crippen molar-refractivity contribution in [2.75, 3.05) is 5.32 Å². The number of amides is 1. The molecule has 0 saturated carbocycles. The van der Waals surface area contributed by atoms with E-state index in [1.165, 1.54) is 18.2 Å². The van der Waals surface area contributed by atoms with Crippen molar-refractivity contribution in [3.05, 3.63) is 68.2 Å². The van der Waals surface area contributed by atoms with Gasteiger partial charge in [0.15, 0.2) is 0 Å². The van der Waals surface area contributed by atoms with Crippen molar-refractivity contribution >= 4 is 58.4 Å². The van der Waals surface area contributed by atoms with Gasteiger partial charge in [0.05, 0.1) is 11.3 Å². The van der Waals surface area contributed by atoms with Crippen LogP contribution in [0.3, 0.4) is 0 Å². The number of carboxylic acids is 1. The highest BCUT2D eigenvalue weighted by Gasteiger charge is 2.14. The van der Waals surface area contributed by atoms with E-state index in [4.69, 9.17) is 39.9 Å². The van der Waals surface area contributed by atoms with E-state index < -0.39 is 11.9 Å². The molecule has 124 valence electrons. The van der Waals surface area contributed by atoms with Gasteiger partial charge in [-0.1, -0.05) is 40.9 Å². The summed E-state index contributed by atoms with van der Waals surface area (Å²) < 4.78 is 0. The molecule has 2 N–H and O–H groups in total. The first-order valence-electron chi connectivity index (χ1n) is 6.75. The van der Waals surface area contributed by atoms with Crippen LogP contribution in [0.15, 0.2) is 42.0 Å². The van der Waals surface area contributed by atoms with Gasteiger partial charge in [0.1, 0.15) is 0 Å². The van der Waals surface area contributed by atoms with Crippen LogP contribution in [0.25, 0.3) is 6.08 Å². The number of carbonyl (C=O) groups is 2. The number of nitrogens with one attached hydrogen (secondary N) is 1. The molecular weight excluding hydrogens is 373 g/mol. The molecule has 0 fully saturated rings. The molecule has 0 saturated heterocycles. The average Bonchev–Trinajstić information content (AvgIpc) is 2.49. The summed E-state index contributed by atoms with van der Waals surface area (Å²) in [5.41, 5.74) is 1.04. The predicted octanol–water partition coefficient (Wildman–Crippen LogP) is 5.39. The van der Waals surface area contributed by atoms with E-state index in [0.717, 1.165) is 0 Å². The summed E-state index contributed by atoms with van der Waals surface area (Å²) in [4.78, 5) is 23.5. The Bertz CT molecular complexity index is 847. The van der Waals surface area contributed by atoms with Crippen LogP contribution in [0.1, 0.15) is 22.8 Å². The van der Waals surface area contributed by atoms with E-state index in [1.807, 2.05) is 0 Å². The van der Waals surface area contributed by atoms with Crippen LogP contribution in [0.2, 0.25) is 15.1 Å². The molecule has 0 bridgehead atoms. The van der Waals surface area contributed by atoms with Crippen LogP contribution < -0.4 is 5.32 Å². The summed E-state index contributed by atoms with van der Waals surface area (Å²) >= 11 is 17.8. The van der Waals surface area contributed by atoms with Crippen molar-refractivity contribution in [3.63, 3.8) is 0 Å². The molecule has 4 nitrogen and oxygen atoms in total. The van der Waals surface area contributed by atoms with Gasteiger partial charge in [0, 0.05) is 20.6 Å². The molecule has 24 heavy (non-hydrogen) atoms. The van der Waals surface area contributed by atoms with Gasteiger partial charge >= 0.3 is 5.97 Å². The van der Waals surface area contributed by atoms with Gasteiger partial charge in [-0.15, -0.1) is 0 Å². The van der Waals surface area contributed by atoms with E-state index in [9.17, 15) is 9.59 Å². The van der Waals surface area contributed by atoms with Crippen molar-refractivity contribution in [3.8, 4) is 0 Å². The predicted molar refractivity (Wildman–Crippen MR) is 97.2 cm³/mol. The number of benzene rings is 2. The third kappa shape index (κ3) is 4.51. The zero-order valence-electron chi connectivity index (χ0n) is 12.4. The lowest BCUT2D eigenvalue weighted by atomic mass is 10.1. The van der Waals surface area contributed by atoms with Crippen molar-refractivity contribution in [2.45, 2.75) is 6.92 Å². The number of halogens is 3. The maximum atomic E-state index is 12.3. The summed E-state index contributed by atoms with van der Waals surface area (Å²) in [5.74, 6) is -1.63. The molecule has 2 aromatic carbocycles. The van der Waals surface area contributed by atoms with Gasteiger partial charge in [-0.25, -0.2) is 4.79 Å². The summed E-state index contributed by atoms with van der Waals surface area (Å²) in [6, 6.07) is 9.06. The molecule has 0 aromatic heterocycles. The smallest absolute Gasteiger partial charge is 0.337 e. The van der Waals surface area contributed by atoms with E-state index in [-0.39, 0.29) is 11.3 Å². The Morgan fingerprint density at radius 1 is 1.04 bits per heavy atom. The lowest BCUT2D eigenvalue weighted by molar-refractivity contribution is -0.112. The molecule has 0 aliphatic heterocycles. The van der Waals surface area contributed by atoms with Gasteiger partial charge in [0.2, 0.25) is 0 Å². The van der Waals surface area contributed by atoms with Crippen LogP contribution >= 0.6 is 34.8 Å². The molecule has 0 aliphatic carbocycles. The Labute approximate surface area is 153 Å². The molecule has 7 heteroatoms. The van der Waals surface area contributed by atoms with Crippen molar-refractivity contribution < 1.29 is 14.7 Å². The van der Waals surface area contributed by atoms with Crippen LogP contribution in [-0.2, 0) is 4.79 Å². The topological polar surface area (TPSA) is 66.4 Å². The molecule has 2 aromatic rings. The lowest BCUT2D eigenvalue weighted by Gasteiger charge is -2.09. The minimum Gasteiger partial charge on any atom is -0.478 e. The van der Waals surface area contributed by atoms with Crippen molar-refractivity contribution in [2.24, 2.45) is 0 Å². The van der Waals surface area contributed by atoms with Gasteiger partial charge in [-0.3, -0.25) is 4.79 Å². The van der Waals surface area contributed by atoms with Gasteiger partial charge in [-0.2, -0.15) is 0 Å². The second kappa shape index (κ2) is 7.71. The van der Waals surface area contributed by atoms with Crippen LogP contribution in [0, 0.1) is 0 Å². The van der Waals surface area contributed by atoms with Gasteiger partial charge in [0.25, 0.3) is 5.91 Å². The number of hydrogen-bond donors (Lipinski definition) is 2. The number of aromatic carboxylic acids is 1. The van der Waals surface area contributed by atoms with Crippen molar-refractivity contribution in [1.82, 2.24) is 0 Å². The highest BCUT2D eigenvalue weighted by Crippen LogP contribution is 2.25. The Kier molecular flexibility index (Phi) is 5.89. The number of hydrogen-bond acceptors (Lipinski definition) is 2. The second-order valence-corrected chi connectivity index (χ2v) is 6.22. The molecule has 2 rings (SSSR count). The normalized spacial score (nSPS) is 11.2. The summed E-state index contributed by atoms with van der Waals surface area (Å²) in [6.07, 6.45) is 1.58. The first-order chi connectivity index (χ1) is 11.3. The fourth-order valence-corrected chi connectivity index (χ4v) is 2.58. The molecule has 0 radical (unpaired) electrons. The van der Waals surface area contributed by atoms with Gasteiger partial charge < -0.3 is 10.4 Å². The molecule has 0 atom stereocenters. The fraction of sp³-hybridized carbons (Fsp3) is 0.0588. The quantitative estimate of drug-likeness (QED) is 0.695. The average molecular weight is 385 g/mol. The molecule has 0 unspecified atom stereocenters. The summed E-state index contributed by atoms with van der Waals surface area (Å²) in [6.45, 7) is 1.59. The molecular formula is C17H12Cl3NO3. The fourth-order valence-electron chi connectivity index (χ4n) is 1.94. The Morgan fingerprint density at radius 3 is 2.29 bits per heavy atom. The van der Waals surface area contributed by atoms with E-state index in [1.54, 1.807) is 31.2 Å². The Morgan fingerprint density at radius 2 is 1.67 bits per heavy atom. The maximum absolute atomic E-state index is 12.3. The number of anilines is 1. The van der Waals surface area contributed by atoms with Crippen LogP contribution in [-0.4, -0.2) is 17.0 Å². The number of carbonyl (C=O) groups excluding carboxylic acids is 1. The van der Waals surface area contributed by atoms with Gasteiger partial charge in [-0.05, 0) is 48.9 Å².